The summed E-state index contributed by atoms with van der Waals surface area (Å²) in [6.45, 7) is 0. The maximum atomic E-state index is 12.0. The molecule has 2 atom stereocenters. The Morgan fingerprint density at radius 2 is 1.88 bits per heavy atom. The van der Waals surface area contributed by atoms with Crippen LogP contribution in [0, 0.1) is 11.8 Å². The molecule has 3 rings (SSSR count). The van der Waals surface area contributed by atoms with Crippen LogP contribution in [0.25, 0.3) is 0 Å². The molecule has 1 saturated carbocycles. The van der Waals surface area contributed by atoms with E-state index in [0.29, 0.717) is 11.4 Å². The number of piperidine rings is 1. The van der Waals surface area contributed by atoms with E-state index in [1.54, 1.807) is 31.4 Å². The maximum absolute atomic E-state index is 12.0. The first-order chi connectivity index (χ1) is 8.15. The summed E-state index contributed by atoms with van der Waals surface area (Å²) in [4.78, 5) is 25.1. The molecule has 2 aliphatic rings. The van der Waals surface area contributed by atoms with Crippen molar-refractivity contribution in [2.75, 3.05) is 12.0 Å². The van der Waals surface area contributed by atoms with Crippen LogP contribution < -0.4 is 15.4 Å². The van der Waals surface area contributed by atoms with Crippen LogP contribution in [0.15, 0.2) is 24.3 Å². The molecule has 1 aliphatic carbocycles. The molecule has 1 aromatic rings. The van der Waals surface area contributed by atoms with E-state index in [2.05, 4.69) is 0 Å². The zero-order valence-electron chi connectivity index (χ0n) is 9.29. The van der Waals surface area contributed by atoms with Gasteiger partial charge < -0.3 is 10.5 Å². The lowest BCUT2D eigenvalue weighted by Gasteiger charge is -2.18. The Hall–Kier alpha value is -1.88. The Morgan fingerprint density at radius 3 is 2.47 bits per heavy atom. The third-order valence-electron chi connectivity index (χ3n) is 3.40. The molecule has 0 spiro atoms. The van der Waals surface area contributed by atoms with Crippen LogP contribution in [0.3, 0.4) is 0 Å². The summed E-state index contributed by atoms with van der Waals surface area (Å²) in [5.41, 5.74) is 6.21. The van der Waals surface area contributed by atoms with Gasteiger partial charge in [0.15, 0.2) is 0 Å². The molecule has 5 nitrogen and oxygen atoms in total. The van der Waals surface area contributed by atoms with E-state index in [1.807, 2.05) is 0 Å². The number of hydrogen-bond donors (Lipinski definition) is 1. The lowest BCUT2D eigenvalue weighted by molar-refractivity contribution is -0.123. The van der Waals surface area contributed by atoms with Crippen LogP contribution in [0.5, 0.6) is 5.75 Å². The second-order valence-electron chi connectivity index (χ2n) is 4.34. The van der Waals surface area contributed by atoms with Crippen molar-refractivity contribution in [2.24, 2.45) is 17.6 Å². The van der Waals surface area contributed by atoms with Crippen LogP contribution in [0.4, 0.5) is 5.69 Å². The molecule has 2 N–H and O–H groups in total. The third kappa shape index (κ3) is 1.29. The Kier molecular flexibility index (Phi) is 2.00. The van der Waals surface area contributed by atoms with Crippen molar-refractivity contribution in [3.63, 3.8) is 0 Å². The third-order valence-corrected chi connectivity index (χ3v) is 3.40. The molecule has 2 fully saturated rings. The van der Waals surface area contributed by atoms with Crippen molar-refractivity contribution in [2.45, 2.75) is 6.04 Å². The number of nitrogens with zero attached hydrogens (tertiary/aromatic N) is 1. The van der Waals surface area contributed by atoms with Crippen LogP contribution >= 0.6 is 0 Å². The van der Waals surface area contributed by atoms with Crippen LogP contribution in [-0.2, 0) is 9.59 Å². The van der Waals surface area contributed by atoms with Crippen LogP contribution in [0.1, 0.15) is 0 Å². The van der Waals surface area contributed by atoms with E-state index in [9.17, 15) is 9.59 Å². The Bertz CT molecular complexity index is 492. The first kappa shape index (κ1) is 10.3. The predicted octanol–water partition coefficient (Wildman–Crippen LogP) is 0.142. The number of carbonyl (C=O) groups is 2. The smallest absolute Gasteiger partial charge is 0.239 e. The second-order valence-corrected chi connectivity index (χ2v) is 4.34. The molecule has 2 amide bonds. The molecule has 0 radical (unpaired) electrons. The number of benzene rings is 1. The average Bonchev–Trinajstić information content (AvgIpc) is 2.92. The molecule has 88 valence electrons. The summed E-state index contributed by atoms with van der Waals surface area (Å²) >= 11 is 0. The normalized spacial score (nSPS) is 30.5. The number of imide groups is 1. The average molecular weight is 232 g/mol. The van der Waals surface area contributed by atoms with E-state index in [0.717, 1.165) is 0 Å². The summed E-state index contributed by atoms with van der Waals surface area (Å²) in [5.74, 6) is -0.392. The van der Waals surface area contributed by atoms with Gasteiger partial charge in [-0.05, 0) is 12.1 Å². The number of amides is 2. The molecule has 17 heavy (non-hydrogen) atoms. The van der Waals surface area contributed by atoms with Gasteiger partial charge in [0.25, 0.3) is 0 Å². The molecule has 1 heterocycles. The van der Waals surface area contributed by atoms with Gasteiger partial charge in [0.2, 0.25) is 11.8 Å². The predicted molar refractivity (Wildman–Crippen MR) is 60.4 cm³/mol. The van der Waals surface area contributed by atoms with Gasteiger partial charge in [-0.3, -0.25) is 9.59 Å². The summed E-state index contributed by atoms with van der Waals surface area (Å²) < 4.78 is 5.07. The van der Waals surface area contributed by atoms with Gasteiger partial charge in [-0.25, -0.2) is 4.90 Å². The molecule has 1 aromatic carbocycles. The fraction of sp³-hybridized carbons (Fsp3) is 0.333. The minimum Gasteiger partial charge on any atom is -0.497 e. The quantitative estimate of drug-likeness (QED) is 0.736. The molecular weight excluding hydrogens is 220 g/mol. The van der Waals surface area contributed by atoms with Gasteiger partial charge in [-0.1, -0.05) is 6.07 Å². The van der Waals surface area contributed by atoms with Crippen LogP contribution in [0.2, 0.25) is 0 Å². The Morgan fingerprint density at radius 1 is 1.24 bits per heavy atom. The zero-order valence-corrected chi connectivity index (χ0v) is 9.29. The minimum atomic E-state index is -0.311. The molecular formula is C12H12N2O3. The number of nitrogens with two attached hydrogens (primary N) is 1. The summed E-state index contributed by atoms with van der Waals surface area (Å²) in [6.07, 6.45) is 0. The van der Waals surface area contributed by atoms with Gasteiger partial charge in [-0.15, -0.1) is 0 Å². The number of ether oxygens (including phenoxy) is 1. The molecule has 1 saturated heterocycles. The number of rotatable bonds is 2. The Balaban J connectivity index is 1.95. The van der Waals surface area contributed by atoms with Crippen molar-refractivity contribution < 1.29 is 14.3 Å². The van der Waals surface area contributed by atoms with E-state index in [4.69, 9.17) is 10.5 Å². The highest BCUT2D eigenvalue weighted by molar-refractivity contribution is 6.25. The van der Waals surface area contributed by atoms with Crippen molar-refractivity contribution in [1.82, 2.24) is 0 Å². The summed E-state index contributed by atoms with van der Waals surface area (Å²) in [6, 6.07) is 6.62. The van der Waals surface area contributed by atoms with Gasteiger partial charge in [0.1, 0.15) is 5.75 Å². The molecule has 5 heteroatoms. The van der Waals surface area contributed by atoms with E-state index < -0.39 is 0 Å². The first-order valence-corrected chi connectivity index (χ1v) is 5.42. The van der Waals surface area contributed by atoms with Gasteiger partial charge in [0, 0.05) is 12.1 Å². The number of fused-ring (bicyclic) bond motifs is 1. The monoisotopic (exact) mass is 232 g/mol. The van der Waals surface area contributed by atoms with Gasteiger partial charge >= 0.3 is 0 Å². The van der Waals surface area contributed by atoms with E-state index in [1.165, 1.54) is 4.90 Å². The van der Waals surface area contributed by atoms with Crippen molar-refractivity contribution >= 4 is 17.5 Å². The number of carbonyl (C=O) groups excluding carboxylic acids is 2. The minimum absolute atomic E-state index is 0.194. The fourth-order valence-corrected chi connectivity index (χ4v) is 2.38. The van der Waals surface area contributed by atoms with Crippen molar-refractivity contribution in [3.8, 4) is 5.75 Å². The molecule has 1 aliphatic heterocycles. The van der Waals surface area contributed by atoms with Gasteiger partial charge in [0.05, 0.1) is 24.6 Å². The van der Waals surface area contributed by atoms with Crippen molar-refractivity contribution in [1.29, 1.82) is 0 Å². The van der Waals surface area contributed by atoms with E-state index in [-0.39, 0.29) is 29.7 Å². The van der Waals surface area contributed by atoms with Crippen LogP contribution in [-0.4, -0.2) is 25.0 Å². The number of methoxy groups -OCH3 is 1. The number of hydrogen-bond acceptors (Lipinski definition) is 4. The maximum Gasteiger partial charge on any atom is 0.239 e. The second kappa shape index (κ2) is 3.30. The first-order valence-electron chi connectivity index (χ1n) is 5.42. The summed E-state index contributed by atoms with van der Waals surface area (Å²) in [7, 11) is 1.54. The number of anilines is 1. The highest BCUT2D eigenvalue weighted by Gasteiger charge is 2.66. The lowest BCUT2D eigenvalue weighted by Crippen LogP contribution is -2.37. The molecule has 0 bridgehead atoms. The molecule has 0 aromatic heterocycles. The fourth-order valence-electron chi connectivity index (χ4n) is 2.38. The zero-order chi connectivity index (χ0) is 12.2. The summed E-state index contributed by atoms with van der Waals surface area (Å²) in [5, 5.41) is 0. The highest BCUT2D eigenvalue weighted by Crippen LogP contribution is 2.47. The SMILES string of the molecule is COc1cccc(N2C(=O)C3C(N)C3C2=O)c1. The largest absolute Gasteiger partial charge is 0.497 e. The lowest BCUT2D eigenvalue weighted by atomic mass is 10.2. The standard InChI is InChI=1S/C12H12N2O3/c1-17-7-4-2-3-6(5-7)14-11(15)8-9(10(8)13)12(14)16/h2-5,8-10H,13H2,1H3. The van der Waals surface area contributed by atoms with E-state index >= 15 is 0 Å². The Labute approximate surface area is 98.1 Å². The highest BCUT2D eigenvalue weighted by atomic mass is 16.5. The van der Waals surface area contributed by atoms with Crippen molar-refractivity contribution in [3.05, 3.63) is 24.3 Å². The van der Waals surface area contributed by atoms with Gasteiger partial charge in [-0.2, -0.15) is 0 Å². The molecule has 2 unspecified atom stereocenters. The topological polar surface area (TPSA) is 72.6 Å².